The first-order valence-electron chi connectivity index (χ1n) is 15.7. The van der Waals surface area contributed by atoms with Crippen LogP contribution in [-0.4, -0.2) is 96.5 Å². The summed E-state index contributed by atoms with van der Waals surface area (Å²) in [7, 11) is -4.02. The molecule has 1 aliphatic heterocycles. The number of carbonyl (C=O) groups excluding carboxylic acids is 2. The summed E-state index contributed by atoms with van der Waals surface area (Å²) in [6.07, 6.45) is 6.67. The van der Waals surface area contributed by atoms with Crippen LogP contribution < -0.4 is 15.4 Å². The summed E-state index contributed by atoms with van der Waals surface area (Å²) >= 11 is 1.15. The van der Waals surface area contributed by atoms with E-state index in [9.17, 15) is 28.2 Å². The molecular formula is C31H50N4O7S2. The van der Waals surface area contributed by atoms with E-state index in [1.54, 1.807) is 6.08 Å². The number of amides is 2. The van der Waals surface area contributed by atoms with Gasteiger partial charge < -0.3 is 25.6 Å². The Balaban J connectivity index is 1.78. The highest BCUT2D eigenvalue weighted by Crippen LogP contribution is 2.29. The molecule has 2 fully saturated rings. The van der Waals surface area contributed by atoms with Crippen LogP contribution in [0.4, 0.5) is 0 Å². The van der Waals surface area contributed by atoms with E-state index < -0.39 is 51.7 Å². The van der Waals surface area contributed by atoms with Crippen molar-refractivity contribution in [1.82, 2.24) is 19.7 Å². The third kappa shape index (κ3) is 12.1. The zero-order valence-electron chi connectivity index (χ0n) is 25.7. The van der Waals surface area contributed by atoms with Crippen LogP contribution in [0.1, 0.15) is 63.9 Å². The van der Waals surface area contributed by atoms with Gasteiger partial charge in [0.2, 0.25) is 5.91 Å². The van der Waals surface area contributed by atoms with E-state index in [4.69, 9.17) is 4.74 Å². The maximum atomic E-state index is 13.7. The number of nitrogens with one attached hydrogen (secondary N) is 3. The molecule has 5 atom stereocenters. The van der Waals surface area contributed by atoms with Crippen molar-refractivity contribution in [3.63, 3.8) is 0 Å². The Morgan fingerprint density at radius 2 is 1.77 bits per heavy atom. The van der Waals surface area contributed by atoms with Crippen LogP contribution in [0, 0.1) is 5.92 Å². The Labute approximate surface area is 266 Å². The van der Waals surface area contributed by atoms with Crippen LogP contribution in [0.3, 0.4) is 0 Å². The number of aliphatic hydroxyl groups excluding tert-OH is 2. The zero-order chi connectivity index (χ0) is 32.0. The van der Waals surface area contributed by atoms with Gasteiger partial charge in [0, 0.05) is 25.3 Å². The van der Waals surface area contributed by atoms with Gasteiger partial charge in [0.1, 0.15) is 6.04 Å². The Bertz CT molecular complexity index is 1130. The number of nitrogens with zero attached hydrogens (tertiary/aromatic N) is 1. The second-order valence-electron chi connectivity index (χ2n) is 11.6. The highest BCUT2D eigenvalue weighted by atomic mass is 32.2. The van der Waals surface area contributed by atoms with Crippen molar-refractivity contribution in [3.8, 4) is 0 Å². The average Bonchev–Trinajstić information content (AvgIpc) is 3.03. The largest absolute Gasteiger partial charge is 0.393 e. The first kappa shape index (κ1) is 36.5. The summed E-state index contributed by atoms with van der Waals surface area (Å²) in [5.41, 5.74) is 0.752. The number of aliphatic hydroxyl groups is 2. The molecule has 1 aromatic carbocycles. The molecule has 3 rings (SSSR count). The van der Waals surface area contributed by atoms with E-state index in [1.165, 1.54) is 10.7 Å². The lowest BCUT2D eigenvalue weighted by molar-refractivity contribution is -0.128. The monoisotopic (exact) mass is 654 g/mol. The van der Waals surface area contributed by atoms with E-state index in [2.05, 4.69) is 21.9 Å². The van der Waals surface area contributed by atoms with Crippen LogP contribution >= 0.6 is 11.8 Å². The average molecular weight is 655 g/mol. The fraction of sp³-hybridized carbons (Fsp3) is 0.677. The van der Waals surface area contributed by atoms with Gasteiger partial charge in [-0.25, -0.2) is 0 Å². The number of carbonyl (C=O) groups is 2. The standard InChI is InChI=1S/C31H50N4O7S2/c1-3-19-43-31(30(39)32-26(28(37)22-25(36)4-2)20-23-11-7-5-8-12-23)33-29(38)27(21-24-13-9-6-10-14-24)34-44(40,41)35-15-17-42-18-16-35/h3,6,9-10,13-14,23,25-28,31,34,36-37H,1,4-5,7-8,11-12,15-22H2,2H3,(H,32,39)(H,33,38)/t25-,26-,27-,28-,31+/m0/s1. The third-order valence-electron chi connectivity index (χ3n) is 8.18. The summed E-state index contributed by atoms with van der Waals surface area (Å²) in [5.74, 6) is -0.439. The molecule has 0 bridgehead atoms. The van der Waals surface area contributed by atoms with Gasteiger partial charge in [-0.3, -0.25) is 9.59 Å². The van der Waals surface area contributed by atoms with Crippen molar-refractivity contribution >= 4 is 33.8 Å². The van der Waals surface area contributed by atoms with Crippen molar-refractivity contribution in [3.05, 3.63) is 48.6 Å². The van der Waals surface area contributed by atoms with Crippen molar-refractivity contribution < 1.29 is 33.0 Å². The van der Waals surface area contributed by atoms with Gasteiger partial charge in [-0.1, -0.05) is 75.4 Å². The second kappa shape index (κ2) is 18.8. The minimum Gasteiger partial charge on any atom is -0.393 e. The lowest BCUT2D eigenvalue weighted by Crippen LogP contribution is -2.58. The van der Waals surface area contributed by atoms with E-state index in [0.717, 1.165) is 43.0 Å². The molecule has 1 saturated carbocycles. The fourth-order valence-corrected chi connectivity index (χ4v) is 7.69. The molecule has 1 saturated heterocycles. The Morgan fingerprint density at radius 1 is 1.09 bits per heavy atom. The number of rotatable bonds is 18. The predicted molar refractivity (Wildman–Crippen MR) is 173 cm³/mol. The molecule has 248 valence electrons. The van der Waals surface area contributed by atoms with Crippen molar-refractivity contribution in [1.29, 1.82) is 0 Å². The van der Waals surface area contributed by atoms with Gasteiger partial charge >= 0.3 is 0 Å². The van der Waals surface area contributed by atoms with Crippen molar-refractivity contribution in [2.45, 2.75) is 94.4 Å². The summed E-state index contributed by atoms with van der Waals surface area (Å²) in [5, 5.41) is 25.9. The minimum atomic E-state index is -4.02. The van der Waals surface area contributed by atoms with Gasteiger partial charge in [-0.05, 0) is 30.7 Å². The van der Waals surface area contributed by atoms with E-state index in [0.29, 0.717) is 24.5 Å². The smallest absolute Gasteiger partial charge is 0.280 e. The Kier molecular flexibility index (Phi) is 15.6. The number of thioether (sulfide) groups is 1. The van der Waals surface area contributed by atoms with E-state index in [-0.39, 0.29) is 39.1 Å². The Morgan fingerprint density at radius 3 is 2.41 bits per heavy atom. The molecule has 2 amide bonds. The molecule has 11 nitrogen and oxygen atoms in total. The maximum absolute atomic E-state index is 13.7. The van der Waals surface area contributed by atoms with Crippen LogP contribution in [0.5, 0.6) is 0 Å². The normalized spacial score (nSPS) is 20.2. The molecule has 2 aliphatic rings. The predicted octanol–water partition coefficient (Wildman–Crippen LogP) is 2.10. The van der Waals surface area contributed by atoms with Crippen molar-refractivity contribution in [2.75, 3.05) is 32.1 Å². The van der Waals surface area contributed by atoms with Gasteiger partial charge in [-0.2, -0.15) is 17.4 Å². The van der Waals surface area contributed by atoms with Crippen LogP contribution in [0.15, 0.2) is 43.0 Å². The highest BCUT2D eigenvalue weighted by molar-refractivity contribution is 8.00. The van der Waals surface area contributed by atoms with E-state index >= 15 is 0 Å². The summed E-state index contributed by atoms with van der Waals surface area (Å²) < 4.78 is 35.6. The van der Waals surface area contributed by atoms with Crippen LogP contribution in [0.2, 0.25) is 0 Å². The van der Waals surface area contributed by atoms with Crippen LogP contribution in [-0.2, 0) is 31.0 Å². The first-order chi connectivity index (χ1) is 21.1. The van der Waals surface area contributed by atoms with Gasteiger partial charge in [-0.15, -0.1) is 18.3 Å². The summed E-state index contributed by atoms with van der Waals surface area (Å²) in [6.45, 7) is 6.44. The molecule has 1 heterocycles. The molecule has 1 aromatic rings. The molecule has 0 radical (unpaired) electrons. The molecule has 13 heteroatoms. The lowest BCUT2D eigenvalue weighted by atomic mass is 9.83. The topological polar surface area (TPSA) is 157 Å². The number of benzene rings is 1. The van der Waals surface area contributed by atoms with Gasteiger partial charge in [0.05, 0.1) is 31.5 Å². The number of hydrogen-bond donors (Lipinski definition) is 5. The molecule has 44 heavy (non-hydrogen) atoms. The first-order valence-corrected chi connectivity index (χ1v) is 18.2. The zero-order valence-corrected chi connectivity index (χ0v) is 27.4. The molecule has 0 aromatic heterocycles. The van der Waals surface area contributed by atoms with Gasteiger partial charge in [0.25, 0.3) is 16.1 Å². The minimum absolute atomic E-state index is 0.0780. The highest BCUT2D eigenvalue weighted by Gasteiger charge is 2.34. The molecule has 5 N–H and O–H groups in total. The Hall–Kier alpha value is -2.00. The quantitative estimate of drug-likeness (QED) is 0.119. The maximum Gasteiger partial charge on any atom is 0.280 e. The lowest BCUT2D eigenvalue weighted by Gasteiger charge is -2.32. The van der Waals surface area contributed by atoms with Crippen LogP contribution in [0.25, 0.3) is 0 Å². The molecular weight excluding hydrogens is 604 g/mol. The summed E-state index contributed by atoms with van der Waals surface area (Å²) in [6, 6.07) is 7.28. The number of ether oxygens (including phenoxy) is 1. The van der Waals surface area contributed by atoms with Crippen molar-refractivity contribution in [2.24, 2.45) is 5.92 Å². The molecule has 1 aliphatic carbocycles. The summed E-state index contributed by atoms with van der Waals surface area (Å²) in [4.78, 5) is 27.4. The van der Waals surface area contributed by atoms with E-state index in [1.807, 2.05) is 37.3 Å². The van der Waals surface area contributed by atoms with Gasteiger partial charge in [0.15, 0.2) is 5.37 Å². The number of morpholine rings is 1. The molecule has 0 spiro atoms. The third-order valence-corrected chi connectivity index (χ3v) is 10.9. The SMILES string of the molecule is C=CCS[C@@H](NC(=O)[C@H](Cc1ccccc1)NS(=O)(=O)N1CCOCC1)C(=O)N[C@@H](CC1CCCCC1)[C@@H](O)C[C@@H](O)CC. The fourth-order valence-electron chi connectivity index (χ4n) is 5.62. The second-order valence-corrected chi connectivity index (χ2v) is 14.4. The number of hydrogen-bond acceptors (Lipinski definition) is 8. The molecule has 0 unspecified atom stereocenters.